The van der Waals surface area contributed by atoms with Crippen molar-refractivity contribution in [1.82, 2.24) is 10.2 Å². The van der Waals surface area contributed by atoms with E-state index < -0.39 is 5.92 Å². The fourth-order valence-electron chi connectivity index (χ4n) is 4.95. The van der Waals surface area contributed by atoms with Gasteiger partial charge in [-0.3, -0.25) is 14.5 Å². The lowest BCUT2D eigenvalue weighted by atomic mass is 9.75. The van der Waals surface area contributed by atoms with Crippen LogP contribution in [0.25, 0.3) is 0 Å². The van der Waals surface area contributed by atoms with Crippen molar-refractivity contribution >= 4 is 68.8 Å². The van der Waals surface area contributed by atoms with E-state index in [1.54, 1.807) is 48.4 Å². The molecule has 5 rings (SSSR count). The zero-order valence-corrected chi connectivity index (χ0v) is 25.6. The lowest BCUT2D eigenvalue weighted by Crippen LogP contribution is -2.38. The van der Waals surface area contributed by atoms with Crippen molar-refractivity contribution < 1.29 is 19.1 Å². The van der Waals surface area contributed by atoms with Gasteiger partial charge in [0.15, 0.2) is 10.1 Å². The van der Waals surface area contributed by atoms with Crippen molar-refractivity contribution in [2.24, 2.45) is 5.73 Å². The third-order valence-corrected chi connectivity index (χ3v) is 9.47. The number of nitriles is 1. The van der Waals surface area contributed by atoms with E-state index in [2.05, 4.69) is 21.6 Å². The Labute approximate surface area is 260 Å². The Hall–Kier alpha value is -3.76. The highest BCUT2D eigenvalue weighted by Crippen LogP contribution is 2.49. The predicted molar refractivity (Wildman–Crippen MR) is 163 cm³/mol. The number of nitrogens with two attached hydrogens (primary N) is 1. The fourth-order valence-corrected chi connectivity index (χ4v) is 7.12. The summed E-state index contributed by atoms with van der Waals surface area (Å²) in [5.74, 6) is 0.0990. The molecule has 3 N–H and O–H groups in total. The number of nitrogens with one attached hydrogen (secondary N) is 1. The van der Waals surface area contributed by atoms with Gasteiger partial charge in [0.25, 0.3) is 0 Å². The lowest BCUT2D eigenvalue weighted by molar-refractivity contribution is -0.116. The van der Waals surface area contributed by atoms with E-state index in [9.17, 15) is 14.9 Å². The minimum absolute atomic E-state index is 0.0229. The number of Topliss-reactive ketones (excluding diaryl/α,β-unsaturated/α-hetero) is 1. The molecule has 1 amide bonds. The Bertz CT molecular complexity index is 1660. The van der Waals surface area contributed by atoms with Gasteiger partial charge in [-0.2, -0.15) is 5.26 Å². The first-order valence-electron chi connectivity index (χ1n) is 12.7. The molecule has 1 aliphatic carbocycles. The first-order chi connectivity index (χ1) is 20.3. The number of anilines is 2. The van der Waals surface area contributed by atoms with E-state index in [1.165, 1.54) is 30.2 Å². The van der Waals surface area contributed by atoms with Crippen LogP contribution in [0.2, 0.25) is 10.0 Å². The van der Waals surface area contributed by atoms with E-state index in [1.807, 2.05) is 0 Å². The van der Waals surface area contributed by atoms with E-state index >= 15 is 0 Å². The second kappa shape index (κ2) is 12.6. The standard InChI is InChI=1S/C28H24Cl2N6O4S2/c1-39-14-9-10-21(40-2)15(11-14)23-16(12-31)26(32)36(19-7-4-8-20(37)24(19)23)27-34-35-28(42-27)41-13-22(38)33-25-17(29)5-3-6-18(25)30/h3,5-6,9-11,23H,4,7-8,13,32H2,1-2H3,(H,33,38). The molecule has 1 atom stereocenters. The number of nitrogens with zero attached hydrogens (tertiary/aromatic N) is 4. The van der Waals surface area contributed by atoms with Crippen LogP contribution in [0.5, 0.6) is 11.5 Å². The second-order valence-electron chi connectivity index (χ2n) is 9.21. The van der Waals surface area contributed by atoms with Gasteiger partial charge >= 0.3 is 0 Å². The summed E-state index contributed by atoms with van der Waals surface area (Å²) in [6.07, 6.45) is 1.51. The summed E-state index contributed by atoms with van der Waals surface area (Å²) in [6.45, 7) is 0. The van der Waals surface area contributed by atoms with Crippen LogP contribution in [0.15, 0.2) is 63.4 Å². The highest BCUT2D eigenvalue weighted by Gasteiger charge is 2.42. The van der Waals surface area contributed by atoms with Crippen LogP contribution in [0, 0.1) is 11.3 Å². The molecule has 2 aromatic carbocycles. The van der Waals surface area contributed by atoms with Gasteiger partial charge < -0.3 is 20.5 Å². The molecule has 10 nitrogen and oxygen atoms in total. The van der Waals surface area contributed by atoms with Crippen LogP contribution in [0.1, 0.15) is 30.7 Å². The second-order valence-corrected chi connectivity index (χ2v) is 12.2. The lowest BCUT2D eigenvalue weighted by Gasteiger charge is -2.38. The average Bonchev–Trinajstić information content (AvgIpc) is 3.45. The maximum absolute atomic E-state index is 13.5. The Balaban J connectivity index is 1.46. The van der Waals surface area contributed by atoms with Gasteiger partial charge in [0, 0.05) is 23.3 Å². The van der Waals surface area contributed by atoms with Crippen LogP contribution < -0.4 is 25.4 Å². The van der Waals surface area contributed by atoms with Gasteiger partial charge in [-0.1, -0.05) is 52.4 Å². The number of halogens is 2. The number of carbonyl (C=O) groups is 2. The number of para-hydroxylation sites is 1. The number of aromatic nitrogens is 2. The van der Waals surface area contributed by atoms with Gasteiger partial charge in [-0.15, -0.1) is 10.2 Å². The van der Waals surface area contributed by atoms with Crippen LogP contribution in [-0.4, -0.2) is 41.9 Å². The molecule has 3 aromatic rings. The van der Waals surface area contributed by atoms with Crippen LogP contribution >= 0.6 is 46.3 Å². The average molecular weight is 644 g/mol. The Kier molecular flexibility index (Phi) is 8.93. The molecule has 0 fully saturated rings. The highest BCUT2D eigenvalue weighted by atomic mass is 35.5. The number of hydrogen-bond donors (Lipinski definition) is 2. The monoisotopic (exact) mass is 642 g/mol. The summed E-state index contributed by atoms with van der Waals surface area (Å²) in [5, 5.41) is 22.6. The van der Waals surface area contributed by atoms with Gasteiger partial charge in [0.2, 0.25) is 11.0 Å². The van der Waals surface area contributed by atoms with E-state index in [0.717, 1.165) is 0 Å². The predicted octanol–water partition coefficient (Wildman–Crippen LogP) is 5.90. The number of rotatable bonds is 8. The van der Waals surface area contributed by atoms with Crippen LogP contribution in [0.4, 0.5) is 10.8 Å². The summed E-state index contributed by atoms with van der Waals surface area (Å²) < 4.78 is 11.5. The summed E-state index contributed by atoms with van der Waals surface area (Å²) in [4.78, 5) is 27.7. The Morgan fingerprint density at radius 1 is 1.21 bits per heavy atom. The van der Waals surface area contributed by atoms with Gasteiger partial charge in [0.05, 0.1) is 53.3 Å². The summed E-state index contributed by atoms with van der Waals surface area (Å²) in [7, 11) is 3.07. The molecule has 216 valence electrons. The van der Waals surface area contributed by atoms with Crippen LogP contribution in [0.3, 0.4) is 0 Å². The molecule has 2 heterocycles. The summed E-state index contributed by atoms with van der Waals surface area (Å²) >= 11 is 14.7. The van der Waals surface area contributed by atoms with E-state index in [0.29, 0.717) is 72.8 Å². The normalized spacial score (nSPS) is 16.7. The van der Waals surface area contributed by atoms with Gasteiger partial charge in [-0.05, 0) is 43.2 Å². The SMILES string of the molecule is COc1ccc(OC)c(C2C(C#N)=C(N)N(c3nnc(SCC(=O)Nc4c(Cl)cccc4Cl)s3)C3=C2C(=O)CCC3)c1. The smallest absolute Gasteiger partial charge is 0.234 e. The van der Waals surface area contributed by atoms with Crippen molar-refractivity contribution in [2.75, 3.05) is 30.2 Å². The Morgan fingerprint density at radius 2 is 1.98 bits per heavy atom. The number of benzene rings is 2. The molecule has 0 bridgehead atoms. The molecule has 2 aliphatic rings. The number of ether oxygens (including phenoxy) is 2. The summed E-state index contributed by atoms with van der Waals surface area (Å²) in [5.41, 5.74) is 8.93. The molecule has 0 spiro atoms. The van der Waals surface area contributed by atoms with Gasteiger partial charge in [-0.25, -0.2) is 0 Å². The van der Waals surface area contributed by atoms with Crippen molar-refractivity contribution in [1.29, 1.82) is 5.26 Å². The topological polar surface area (TPSA) is 143 Å². The number of allylic oxidation sites excluding steroid dienone is 3. The minimum atomic E-state index is -0.735. The molecular weight excluding hydrogens is 619 g/mol. The largest absolute Gasteiger partial charge is 0.497 e. The number of amides is 1. The molecule has 42 heavy (non-hydrogen) atoms. The van der Waals surface area contributed by atoms with Gasteiger partial charge in [0.1, 0.15) is 17.3 Å². The Morgan fingerprint density at radius 3 is 2.67 bits per heavy atom. The number of hydrogen-bond acceptors (Lipinski definition) is 11. The molecule has 1 aromatic heterocycles. The molecule has 1 unspecified atom stereocenters. The third-order valence-electron chi connectivity index (χ3n) is 6.80. The van der Waals surface area contributed by atoms with E-state index in [4.69, 9.17) is 38.4 Å². The number of ketones is 1. The quantitative estimate of drug-likeness (QED) is 0.285. The molecule has 0 saturated carbocycles. The molecule has 0 saturated heterocycles. The third kappa shape index (κ3) is 5.65. The fraction of sp³-hybridized carbons (Fsp3) is 0.250. The molecule has 0 radical (unpaired) electrons. The zero-order valence-electron chi connectivity index (χ0n) is 22.4. The van der Waals surface area contributed by atoms with E-state index in [-0.39, 0.29) is 28.8 Å². The number of carbonyl (C=O) groups excluding carboxylic acids is 2. The molecular formula is C28H24Cl2N6O4S2. The highest BCUT2D eigenvalue weighted by molar-refractivity contribution is 8.01. The molecule has 14 heteroatoms. The number of methoxy groups -OCH3 is 2. The first-order valence-corrected chi connectivity index (χ1v) is 15.2. The molecule has 1 aliphatic heterocycles. The number of thioether (sulfide) groups is 1. The van der Waals surface area contributed by atoms with Crippen molar-refractivity contribution in [2.45, 2.75) is 29.5 Å². The maximum Gasteiger partial charge on any atom is 0.234 e. The van der Waals surface area contributed by atoms with Crippen molar-refractivity contribution in [3.05, 3.63) is 74.7 Å². The first kappa shape index (κ1) is 29.7. The van der Waals surface area contributed by atoms with Crippen molar-refractivity contribution in [3.8, 4) is 17.6 Å². The maximum atomic E-state index is 13.5. The zero-order chi connectivity index (χ0) is 30.0. The summed E-state index contributed by atoms with van der Waals surface area (Å²) in [6, 6.07) is 12.4. The van der Waals surface area contributed by atoms with Crippen LogP contribution in [-0.2, 0) is 9.59 Å². The minimum Gasteiger partial charge on any atom is -0.497 e. The van der Waals surface area contributed by atoms with Crippen molar-refractivity contribution in [3.63, 3.8) is 0 Å².